The van der Waals surface area contributed by atoms with Crippen LogP contribution in [0.1, 0.15) is 30.0 Å². The lowest BCUT2D eigenvalue weighted by Gasteiger charge is -2.37. The van der Waals surface area contributed by atoms with Crippen LogP contribution in [0.5, 0.6) is 5.75 Å². The Kier molecular flexibility index (Phi) is 4.20. The molecule has 21 heavy (non-hydrogen) atoms. The number of methoxy groups -OCH3 is 1. The second-order valence-corrected chi connectivity index (χ2v) is 6.60. The van der Waals surface area contributed by atoms with Gasteiger partial charge in [0.2, 0.25) is 0 Å². The van der Waals surface area contributed by atoms with E-state index in [0.717, 1.165) is 18.7 Å². The summed E-state index contributed by atoms with van der Waals surface area (Å²) in [5, 5.41) is 0. The number of nitrogens with zero attached hydrogens (tertiary/aromatic N) is 2. The molecule has 1 fully saturated rings. The Morgan fingerprint density at radius 1 is 1.29 bits per heavy atom. The van der Waals surface area contributed by atoms with Gasteiger partial charge in [0.25, 0.3) is 0 Å². The number of fused-ring (bicyclic) bond motifs is 1. The van der Waals surface area contributed by atoms with E-state index >= 15 is 0 Å². The summed E-state index contributed by atoms with van der Waals surface area (Å²) in [5.74, 6) is 0.914. The highest BCUT2D eigenvalue weighted by atomic mass is 16.5. The smallest absolute Gasteiger partial charge is 0.119 e. The quantitative estimate of drug-likeness (QED) is 0.918. The molecule has 0 spiro atoms. The lowest BCUT2D eigenvalue weighted by Crippen LogP contribution is -2.45. The molecule has 0 aromatic heterocycles. The van der Waals surface area contributed by atoms with E-state index in [1.807, 2.05) is 6.07 Å². The maximum atomic E-state index is 6.60. The van der Waals surface area contributed by atoms with Gasteiger partial charge >= 0.3 is 0 Å². The van der Waals surface area contributed by atoms with Crippen LogP contribution in [0.4, 0.5) is 0 Å². The first-order valence-corrected chi connectivity index (χ1v) is 7.93. The largest absolute Gasteiger partial charge is 0.497 e. The summed E-state index contributed by atoms with van der Waals surface area (Å²) in [4.78, 5) is 4.93. The molecule has 1 saturated heterocycles. The molecule has 3 atom stereocenters. The molecule has 2 aliphatic rings. The van der Waals surface area contributed by atoms with Gasteiger partial charge in [0, 0.05) is 31.2 Å². The zero-order valence-electron chi connectivity index (χ0n) is 13.4. The van der Waals surface area contributed by atoms with Crippen LogP contribution in [-0.4, -0.2) is 56.2 Å². The first-order valence-electron chi connectivity index (χ1n) is 7.93. The fraction of sp³-hybridized carbons (Fsp3) is 0.647. The van der Waals surface area contributed by atoms with Crippen molar-refractivity contribution in [2.45, 2.75) is 37.4 Å². The van der Waals surface area contributed by atoms with Crippen molar-refractivity contribution in [3.63, 3.8) is 0 Å². The molecule has 1 aliphatic carbocycles. The molecule has 4 heteroatoms. The molecule has 0 saturated carbocycles. The fourth-order valence-corrected chi connectivity index (χ4v) is 3.83. The molecule has 2 N–H and O–H groups in total. The summed E-state index contributed by atoms with van der Waals surface area (Å²) in [6.45, 7) is 2.31. The maximum Gasteiger partial charge on any atom is 0.119 e. The number of likely N-dealkylation sites (N-methyl/N-ethyl adjacent to an activating group) is 1. The Morgan fingerprint density at radius 3 is 2.76 bits per heavy atom. The van der Waals surface area contributed by atoms with Gasteiger partial charge in [0.15, 0.2) is 0 Å². The Labute approximate surface area is 127 Å². The predicted octanol–water partition coefficient (Wildman–Crippen LogP) is 1.65. The summed E-state index contributed by atoms with van der Waals surface area (Å²) in [6, 6.07) is 7.59. The lowest BCUT2D eigenvalue weighted by molar-refractivity contribution is 0.175. The number of hydrogen-bond donors (Lipinski definition) is 1. The van der Waals surface area contributed by atoms with E-state index in [1.54, 1.807) is 7.11 Å². The average molecular weight is 289 g/mol. The van der Waals surface area contributed by atoms with Gasteiger partial charge in [0.05, 0.1) is 7.11 Å². The first kappa shape index (κ1) is 14.8. The summed E-state index contributed by atoms with van der Waals surface area (Å²) in [5.41, 5.74) is 9.27. The van der Waals surface area contributed by atoms with Crippen LogP contribution in [0, 0.1) is 0 Å². The highest BCUT2D eigenvalue weighted by molar-refractivity contribution is 5.40. The van der Waals surface area contributed by atoms with Crippen LogP contribution in [-0.2, 0) is 6.42 Å². The molecule has 116 valence electrons. The normalized spacial score (nSPS) is 29.7. The minimum Gasteiger partial charge on any atom is -0.497 e. The van der Waals surface area contributed by atoms with Gasteiger partial charge in [-0.3, -0.25) is 4.90 Å². The third-order valence-corrected chi connectivity index (χ3v) is 5.23. The second-order valence-electron chi connectivity index (χ2n) is 6.60. The molecule has 1 aromatic carbocycles. The van der Waals surface area contributed by atoms with Crippen molar-refractivity contribution >= 4 is 0 Å². The molecule has 1 aromatic rings. The van der Waals surface area contributed by atoms with Gasteiger partial charge in [-0.1, -0.05) is 6.07 Å². The van der Waals surface area contributed by atoms with E-state index < -0.39 is 0 Å². The van der Waals surface area contributed by atoms with Crippen molar-refractivity contribution in [1.29, 1.82) is 0 Å². The molecule has 1 aliphatic heterocycles. The molecule has 3 rings (SSSR count). The van der Waals surface area contributed by atoms with Crippen LogP contribution in [0.2, 0.25) is 0 Å². The number of rotatable bonds is 3. The summed E-state index contributed by atoms with van der Waals surface area (Å²) < 4.78 is 5.36. The topological polar surface area (TPSA) is 41.7 Å². The SMILES string of the molecule is COc1ccc2c(c1)C(N)C(N1CCC(N(C)C)C1)CC2. The van der Waals surface area contributed by atoms with Crippen molar-refractivity contribution in [1.82, 2.24) is 9.80 Å². The standard InChI is InChI=1S/C17H27N3O/c1-19(2)13-8-9-20(11-13)16-7-5-12-4-6-14(21-3)10-15(12)17(16)18/h4,6,10,13,16-17H,5,7-9,11,18H2,1-3H3. The number of ether oxygens (including phenoxy) is 1. The second kappa shape index (κ2) is 5.95. The van der Waals surface area contributed by atoms with E-state index in [2.05, 4.69) is 36.0 Å². The fourth-order valence-electron chi connectivity index (χ4n) is 3.83. The molecule has 0 amide bonds. The van der Waals surface area contributed by atoms with Gasteiger partial charge in [-0.25, -0.2) is 0 Å². The third kappa shape index (κ3) is 2.80. The van der Waals surface area contributed by atoms with Crippen LogP contribution in [0.3, 0.4) is 0 Å². The number of likely N-dealkylation sites (tertiary alicyclic amines) is 1. The Hall–Kier alpha value is -1.10. The molecule has 4 nitrogen and oxygen atoms in total. The van der Waals surface area contributed by atoms with Crippen LogP contribution < -0.4 is 10.5 Å². The zero-order valence-corrected chi connectivity index (χ0v) is 13.4. The van der Waals surface area contributed by atoms with Crippen LogP contribution in [0.25, 0.3) is 0 Å². The molecule has 3 unspecified atom stereocenters. The number of nitrogens with two attached hydrogens (primary N) is 1. The highest BCUT2D eigenvalue weighted by Crippen LogP contribution is 2.35. The van der Waals surface area contributed by atoms with Gasteiger partial charge < -0.3 is 15.4 Å². The van der Waals surface area contributed by atoms with Crippen molar-refractivity contribution in [2.24, 2.45) is 5.73 Å². The monoisotopic (exact) mass is 289 g/mol. The summed E-state index contributed by atoms with van der Waals surface area (Å²) in [7, 11) is 6.07. The maximum absolute atomic E-state index is 6.60. The molecule has 1 heterocycles. The Balaban J connectivity index is 1.77. The Morgan fingerprint density at radius 2 is 2.10 bits per heavy atom. The van der Waals surface area contributed by atoms with Crippen molar-refractivity contribution in [3.8, 4) is 5.75 Å². The third-order valence-electron chi connectivity index (χ3n) is 5.23. The lowest BCUT2D eigenvalue weighted by atomic mass is 9.83. The van der Waals surface area contributed by atoms with Gasteiger partial charge in [-0.05, 0) is 56.6 Å². The molecular weight excluding hydrogens is 262 g/mol. The summed E-state index contributed by atoms with van der Waals surface area (Å²) in [6.07, 6.45) is 3.54. The number of hydrogen-bond acceptors (Lipinski definition) is 4. The van der Waals surface area contributed by atoms with Crippen molar-refractivity contribution in [2.75, 3.05) is 34.3 Å². The molecule has 0 bridgehead atoms. The first-order chi connectivity index (χ1) is 10.1. The molecule has 0 radical (unpaired) electrons. The van der Waals surface area contributed by atoms with Crippen LogP contribution in [0.15, 0.2) is 18.2 Å². The van der Waals surface area contributed by atoms with E-state index in [0.29, 0.717) is 12.1 Å². The minimum absolute atomic E-state index is 0.102. The highest BCUT2D eigenvalue weighted by Gasteiger charge is 2.35. The van der Waals surface area contributed by atoms with E-state index in [-0.39, 0.29) is 6.04 Å². The predicted molar refractivity (Wildman–Crippen MR) is 85.7 cm³/mol. The van der Waals surface area contributed by atoms with E-state index in [9.17, 15) is 0 Å². The van der Waals surface area contributed by atoms with Crippen molar-refractivity contribution in [3.05, 3.63) is 29.3 Å². The van der Waals surface area contributed by atoms with Crippen molar-refractivity contribution < 1.29 is 4.74 Å². The van der Waals surface area contributed by atoms with E-state index in [4.69, 9.17) is 10.5 Å². The molecular formula is C17H27N3O. The summed E-state index contributed by atoms with van der Waals surface area (Å²) >= 11 is 0. The Bertz CT molecular complexity index is 503. The van der Waals surface area contributed by atoms with Gasteiger partial charge in [-0.15, -0.1) is 0 Å². The minimum atomic E-state index is 0.102. The average Bonchev–Trinajstić information content (AvgIpc) is 2.97. The van der Waals surface area contributed by atoms with Gasteiger partial charge in [0.1, 0.15) is 5.75 Å². The zero-order chi connectivity index (χ0) is 15.0. The van der Waals surface area contributed by atoms with Gasteiger partial charge in [-0.2, -0.15) is 0 Å². The van der Waals surface area contributed by atoms with Crippen LogP contribution >= 0.6 is 0 Å². The van der Waals surface area contributed by atoms with E-state index in [1.165, 1.54) is 30.5 Å². The number of benzene rings is 1. The number of aryl methyl sites for hydroxylation is 1.